The van der Waals surface area contributed by atoms with Gasteiger partial charge in [-0.05, 0) is 45.4 Å². The predicted octanol–water partition coefficient (Wildman–Crippen LogP) is 4.65. The Bertz CT molecular complexity index is 421. The van der Waals surface area contributed by atoms with E-state index < -0.39 is 3.64 Å². The average Bonchev–Trinajstić information content (AvgIpc) is 2.19. The first kappa shape index (κ1) is 13.1. The molecule has 76 valence electrons. The Morgan fingerprint density at radius 2 is 1.60 bits per heavy atom. The molecule has 1 aromatic carbocycles. The van der Waals surface area contributed by atoms with Crippen molar-refractivity contribution in [1.82, 2.24) is 0 Å². The van der Waals surface area contributed by atoms with Crippen molar-refractivity contribution in [3.63, 3.8) is 0 Å². The molecule has 0 aliphatic carbocycles. The third kappa shape index (κ3) is 4.60. The van der Waals surface area contributed by atoms with E-state index in [0.717, 1.165) is 4.90 Å². The summed E-state index contributed by atoms with van der Waals surface area (Å²) in [5, 5.41) is 5.08. The maximum Gasteiger partial charge on any atom is 0.138 e. The van der Waals surface area contributed by atoms with E-state index >= 15 is 0 Å². The normalized spacial score (nSPS) is 10.3. The van der Waals surface area contributed by atoms with Gasteiger partial charge in [0.2, 0.25) is 0 Å². The van der Waals surface area contributed by atoms with Crippen LogP contribution < -0.4 is 0 Å². The number of hydrogen-bond acceptors (Lipinski definition) is 4. The summed E-state index contributed by atoms with van der Waals surface area (Å²) in [5.74, 6) is 0. The molecule has 0 aliphatic heterocycles. The summed E-state index contributed by atoms with van der Waals surface area (Å²) in [6.45, 7) is 0. The van der Waals surface area contributed by atoms with Crippen LogP contribution in [0.5, 0.6) is 0 Å². The van der Waals surface area contributed by atoms with Gasteiger partial charge in [-0.2, -0.15) is 0 Å². The van der Waals surface area contributed by atoms with E-state index in [1.165, 1.54) is 22.8 Å². The van der Waals surface area contributed by atoms with Gasteiger partial charge in [0.1, 0.15) is 3.64 Å². The van der Waals surface area contributed by atoms with Crippen molar-refractivity contribution in [3.05, 3.63) is 30.3 Å². The van der Waals surface area contributed by atoms with Crippen molar-refractivity contribution in [1.29, 1.82) is 0 Å². The lowest BCUT2D eigenvalue weighted by Gasteiger charge is -2.13. The third-order valence-corrected chi connectivity index (χ3v) is 12.0. The van der Waals surface area contributed by atoms with Crippen LogP contribution >= 0.6 is 37.8 Å². The molecule has 0 saturated carbocycles. The van der Waals surface area contributed by atoms with E-state index in [0.29, 0.717) is 0 Å². The average molecular weight is 286 g/mol. The molecule has 0 aromatic heterocycles. The lowest BCUT2D eigenvalue weighted by atomic mass is 10.4. The first-order valence-corrected chi connectivity index (χ1v) is 10.9. The fourth-order valence-electron chi connectivity index (χ4n) is 0.795. The molecule has 1 rings (SSSR count). The minimum Gasteiger partial charge on any atom is -0.108 e. The molecule has 0 heterocycles. The molecule has 1 aromatic rings. The Balaban J connectivity index is 2.82. The minimum atomic E-state index is -1.83. The maximum absolute atomic E-state index is 5.50. The second-order valence-corrected chi connectivity index (χ2v) is 17.0. The van der Waals surface area contributed by atoms with Crippen LogP contribution in [-0.2, 0) is 11.8 Å². The number of benzene rings is 1. The molecule has 0 spiro atoms. The molecule has 0 nitrogen and oxygen atoms in total. The Kier molecular flexibility index (Phi) is 5.75. The summed E-state index contributed by atoms with van der Waals surface area (Å²) >= 11 is 9.77. The molecule has 0 unspecified atom stereocenters. The summed E-state index contributed by atoms with van der Waals surface area (Å²) in [7, 11) is 0. The second kappa shape index (κ2) is 6.59. The molecule has 0 bridgehead atoms. The zero-order valence-corrected chi connectivity index (χ0v) is 11.8. The largest absolute Gasteiger partial charge is 0.138 e. The van der Waals surface area contributed by atoms with Crippen LogP contribution in [0.1, 0.15) is 0 Å². The molecule has 0 aliphatic rings. The van der Waals surface area contributed by atoms with Gasteiger partial charge in [-0.15, -0.1) is 12.8 Å². The van der Waals surface area contributed by atoms with Crippen molar-refractivity contribution in [2.75, 3.05) is 0 Å². The van der Waals surface area contributed by atoms with Gasteiger partial charge >= 0.3 is 0 Å². The summed E-state index contributed by atoms with van der Waals surface area (Å²) in [6.07, 6.45) is 10.6. The molecule has 0 radical (unpaired) electrons. The van der Waals surface area contributed by atoms with Crippen molar-refractivity contribution >= 4 is 49.6 Å². The van der Waals surface area contributed by atoms with Gasteiger partial charge in [0.05, 0.1) is 0 Å². The molecule has 0 saturated heterocycles. The smallest absolute Gasteiger partial charge is 0.108 e. The minimum absolute atomic E-state index is 1.12. The summed E-state index contributed by atoms with van der Waals surface area (Å²) < 4.78 is -1.83. The molecule has 0 atom stereocenters. The van der Waals surface area contributed by atoms with Crippen LogP contribution in [0.15, 0.2) is 35.2 Å². The first-order chi connectivity index (χ1) is 7.20. The van der Waals surface area contributed by atoms with Crippen LogP contribution in [0.25, 0.3) is 0 Å². The van der Waals surface area contributed by atoms with Crippen molar-refractivity contribution in [2.45, 2.75) is 4.90 Å². The van der Waals surface area contributed by atoms with Gasteiger partial charge in [-0.25, -0.2) is 0 Å². The fourth-order valence-corrected chi connectivity index (χ4v) is 9.61. The highest BCUT2D eigenvalue weighted by Crippen LogP contribution is 2.79. The molecular formula is C10H7PS4. The first-order valence-electron chi connectivity index (χ1n) is 3.83. The number of terminal acetylenes is 2. The van der Waals surface area contributed by atoms with E-state index in [4.69, 9.17) is 24.7 Å². The Morgan fingerprint density at radius 1 is 1.07 bits per heavy atom. The number of rotatable bonds is 4. The molecule has 0 amide bonds. The van der Waals surface area contributed by atoms with E-state index in [-0.39, 0.29) is 0 Å². The third-order valence-electron chi connectivity index (χ3n) is 1.29. The number of hydrogen-bond donors (Lipinski definition) is 0. The van der Waals surface area contributed by atoms with Gasteiger partial charge < -0.3 is 0 Å². The summed E-state index contributed by atoms with van der Waals surface area (Å²) in [5.41, 5.74) is 0. The van der Waals surface area contributed by atoms with Gasteiger partial charge in [0.25, 0.3) is 0 Å². The second-order valence-electron chi connectivity index (χ2n) is 2.27. The predicted molar refractivity (Wildman–Crippen MR) is 79.4 cm³/mol. The van der Waals surface area contributed by atoms with Gasteiger partial charge in [-0.3, -0.25) is 0 Å². The van der Waals surface area contributed by atoms with E-state index in [2.05, 4.69) is 10.5 Å². The topological polar surface area (TPSA) is 0 Å². The van der Waals surface area contributed by atoms with Crippen LogP contribution in [-0.4, -0.2) is 0 Å². The fraction of sp³-hybridized carbons (Fsp3) is 0. The quantitative estimate of drug-likeness (QED) is 0.583. The van der Waals surface area contributed by atoms with Gasteiger partial charge in [-0.1, -0.05) is 41.4 Å². The molecule has 0 fully saturated rings. The highest BCUT2D eigenvalue weighted by atomic mass is 33.5. The highest BCUT2D eigenvalue weighted by molar-refractivity contribution is 9.24. The van der Waals surface area contributed by atoms with Crippen LogP contribution in [0.4, 0.5) is 0 Å². The summed E-state index contributed by atoms with van der Waals surface area (Å²) in [6, 6.07) is 9.95. The van der Waals surface area contributed by atoms with E-state index in [1.54, 1.807) is 11.4 Å². The maximum atomic E-state index is 5.50. The zero-order chi connectivity index (χ0) is 11.1. The van der Waals surface area contributed by atoms with Crippen LogP contribution in [0.2, 0.25) is 0 Å². The van der Waals surface area contributed by atoms with Crippen molar-refractivity contribution in [2.24, 2.45) is 0 Å². The molecule has 0 N–H and O–H groups in total. The molecule has 15 heavy (non-hydrogen) atoms. The Labute approximate surface area is 108 Å². The monoisotopic (exact) mass is 286 g/mol. The standard InChI is InChI=1S/C10H7PS4/c1-3-13-11(12,14-4-2)15-10-8-6-5-7-9-10/h1-2,5-9H. The van der Waals surface area contributed by atoms with Crippen molar-refractivity contribution < 1.29 is 0 Å². The highest BCUT2D eigenvalue weighted by Gasteiger charge is 2.18. The van der Waals surface area contributed by atoms with Gasteiger partial charge in [0, 0.05) is 4.90 Å². The lowest BCUT2D eigenvalue weighted by molar-refractivity contribution is 1.48. The lowest BCUT2D eigenvalue weighted by Crippen LogP contribution is -1.67. The summed E-state index contributed by atoms with van der Waals surface area (Å²) in [4.78, 5) is 1.12. The van der Waals surface area contributed by atoms with Gasteiger partial charge in [0.15, 0.2) is 0 Å². The molecular weight excluding hydrogens is 279 g/mol. The molecule has 5 heteroatoms. The van der Waals surface area contributed by atoms with Crippen LogP contribution in [0, 0.1) is 23.4 Å². The van der Waals surface area contributed by atoms with Crippen molar-refractivity contribution in [3.8, 4) is 23.4 Å². The van der Waals surface area contributed by atoms with E-state index in [1.807, 2.05) is 30.3 Å². The Morgan fingerprint density at radius 3 is 2.07 bits per heavy atom. The Hall–Kier alpha value is 0.0400. The SMILES string of the molecule is C#CSP(=S)(SC#C)Sc1ccccc1. The zero-order valence-electron chi connectivity index (χ0n) is 7.62. The van der Waals surface area contributed by atoms with Crippen LogP contribution in [0.3, 0.4) is 0 Å². The van der Waals surface area contributed by atoms with E-state index in [9.17, 15) is 0 Å².